The summed E-state index contributed by atoms with van der Waals surface area (Å²) < 4.78 is 0. The Labute approximate surface area is 115 Å². The monoisotopic (exact) mass is 263 g/mol. The van der Waals surface area contributed by atoms with E-state index >= 15 is 0 Å². The average molecular weight is 263 g/mol. The molecule has 0 aromatic heterocycles. The molecular weight excluding hydrogens is 238 g/mol. The molecule has 2 rings (SSSR count). The Bertz CT molecular complexity index is 349. The Hall–Kier alpha value is -1.08. The largest absolute Gasteiger partial charge is 0.352 e. The molecule has 0 spiro atoms. The summed E-state index contributed by atoms with van der Waals surface area (Å²) in [5.74, 6) is 0.188. The van der Waals surface area contributed by atoms with Crippen molar-refractivity contribution in [2.45, 2.75) is 57.9 Å². The van der Waals surface area contributed by atoms with E-state index < -0.39 is 0 Å². The van der Waals surface area contributed by atoms with Crippen LogP contribution in [-0.4, -0.2) is 25.0 Å². The molecule has 106 valence electrons. The molecule has 1 aliphatic heterocycles. The molecule has 4 nitrogen and oxygen atoms in total. The SMILES string of the molecule is CCCC1(C(=O)NC2CCCC2C#N)CCCNC1. The van der Waals surface area contributed by atoms with E-state index in [-0.39, 0.29) is 23.3 Å². The first-order valence-electron chi connectivity index (χ1n) is 7.63. The van der Waals surface area contributed by atoms with Gasteiger partial charge in [0.05, 0.1) is 17.4 Å². The summed E-state index contributed by atoms with van der Waals surface area (Å²) in [5, 5.41) is 15.7. The van der Waals surface area contributed by atoms with Crippen molar-refractivity contribution >= 4 is 5.91 Å². The van der Waals surface area contributed by atoms with Crippen LogP contribution in [0.25, 0.3) is 0 Å². The molecule has 1 saturated carbocycles. The summed E-state index contributed by atoms with van der Waals surface area (Å²) in [5.41, 5.74) is -0.240. The highest BCUT2D eigenvalue weighted by Crippen LogP contribution is 2.33. The number of piperidine rings is 1. The molecule has 1 saturated heterocycles. The fraction of sp³-hybridized carbons (Fsp3) is 0.867. The van der Waals surface area contributed by atoms with Crippen molar-refractivity contribution in [3.63, 3.8) is 0 Å². The number of nitriles is 1. The number of hydrogen-bond acceptors (Lipinski definition) is 3. The lowest BCUT2D eigenvalue weighted by atomic mass is 9.76. The van der Waals surface area contributed by atoms with Gasteiger partial charge in [-0.1, -0.05) is 13.3 Å². The zero-order valence-corrected chi connectivity index (χ0v) is 11.9. The molecule has 0 aromatic rings. The molecule has 2 fully saturated rings. The van der Waals surface area contributed by atoms with E-state index in [1.54, 1.807) is 0 Å². The average Bonchev–Trinajstić information content (AvgIpc) is 2.87. The normalized spacial score (nSPS) is 34.7. The second-order valence-electron chi connectivity index (χ2n) is 6.06. The molecule has 2 N–H and O–H groups in total. The van der Waals surface area contributed by atoms with Crippen LogP contribution in [0.5, 0.6) is 0 Å². The molecule has 0 aromatic carbocycles. The summed E-state index contributed by atoms with van der Waals surface area (Å²) in [4.78, 5) is 12.7. The number of carbonyl (C=O) groups is 1. The maximum absolute atomic E-state index is 12.7. The van der Waals surface area contributed by atoms with Gasteiger partial charge in [0.2, 0.25) is 5.91 Å². The Morgan fingerprint density at radius 2 is 2.32 bits per heavy atom. The van der Waals surface area contributed by atoms with E-state index in [2.05, 4.69) is 23.6 Å². The van der Waals surface area contributed by atoms with Gasteiger partial charge in [0.15, 0.2) is 0 Å². The number of rotatable bonds is 4. The Balaban J connectivity index is 2.01. The third-order valence-corrected chi connectivity index (χ3v) is 4.68. The van der Waals surface area contributed by atoms with Crippen molar-refractivity contribution in [2.75, 3.05) is 13.1 Å². The van der Waals surface area contributed by atoms with Crippen molar-refractivity contribution in [3.8, 4) is 6.07 Å². The minimum absolute atomic E-state index is 0.0131. The smallest absolute Gasteiger partial charge is 0.227 e. The lowest BCUT2D eigenvalue weighted by molar-refractivity contribution is -0.133. The standard InChI is InChI=1S/C15H25N3O/c1-2-7-15(8-4-9-17-11-15)14(19)18-13-6-3-5-12(13)10-16/h12-13,17H,2-9,11H2,1H3,(H,18,19). The molecule has 0 radical (unpaired) electrons. The summed E-state index contributed by atoms with van der Waals surface area (Å²) in [6.45, 7) is 3.94. The van der Waals surface area contributed by atoms with Gasteiger partial charge in [-0.25, -0.2) is 0 Å². The van der Waals surface area contributed by atoms with Crippen molar-refractivity contribution < 1.29 is 4.79 Å². The van der Waals surface area contributed by atoms with E-state index in [1.165, 1.54) is 0 Å². The quantitative estimate of drug-likeness (QED) is 0.815. The van der Waals surface area contributed by atoms with Crippen LogP contribution >= 0.6 is 0 Å². The molecule has 0 bridgehead atoms. The third-order valence-electron chi connectivity index (χ3n) is 4.68. The van der Waals surface area contributed by atoms with Gasteiger partial charge in [0, 0.05) is 12.6 Å². The van der Waals surface area contributed by atoms with Gasteiger partial charge < -0.3 is 10.6 Å². The molecule has 1 heterocycles. The van der Waals surface area contributed by atoms with Gasteiger partial charge in [0.1, 0.15) is 0 Å². The summed E-state index contributed by atoms with van der Waals surface area (Å²) >= 11 is 0. The molecule has 1 aliphatic carbocycles. The Morgan fingerprint density at radius 3 is 2.95 bits per heavy atom. The summed E-state index contributed by atoms with van der Waals surface area (Å²) in [6, 6.07) is 2.41. The first kappa shape index (κ1) is 14.3. The first-order valence-corrected chi connectivity index (χ1v) is 7.63. The number of hydrogen-bond donors (Lipinski definition) is 2. The van der Waals surface area contributed by atoms with E-state index in [9.17, 15) is 4.79 Å². The highest BCUT2D eigenvalue weighted by Gasteiger charge is 2.40. The van der Waals surface area contributed by atoms with Crippen molar-refractivity contribution in [1.29, 1.82) is 5.26 Å². The van der Waals surface area contributed by atoms with Crippen LogP contribution < -0.4 is 10.6 Å². The number of nitrogens with one attached hydrogen (secondary N) is 2. The van der Waals surface area contributed by atoms with Crippen LogP contribution in [0.1, 0.15) is 51.9 Å². The number of carbonyl (C=O) groups excluding carboxylic acids is 1. The second-order valence-corrected chi connectivity index (χ2v) is 6.06. The van der Waals surface area contributed by atoms with Crippen LogP contribution in [0.4, 0.5) is 0 Å². The van der Waals surface area contributed by atoms with E-state index in [0.717, 1.165) is 58.0 Å². The van der Waals surface area contributed by atoms with E-state index in [1.807, 2.05) is 0 Å². The summed E-state index contributed by atoms with van der Waals surface area (Å²) in [6.07, 6.45) is 6.96. The minimum atomic E-state index is -0.240. The Kier molecular flexibility index (Phi) is 4.81. The molecular formula is C15H25N3O. The predicted octanol–water partition coefficient (Wildman–Crippen LogP) is 1.96. The zero-order valence-electron chi connectivity index (χ0n) is 11.9. The lowest BCUT2D eigenvalue weighted by Gasteiger charge is -2.37. The maximum atomic E-state index is 12.7. The van der Waals surface area contributed by atoms with Crippen LogP contribution in [0.2, 0.25) is 0 Å². The second kappa shape index (κ2) is 6.38. The van der Waals surface area contributed by atoms with Gasteiger partial charge in [-0.3, -0.25) is 4.79 Å². The Morgan fingerprint density at radius 1 is 1.47 bits per heavy atom. The molecule has 3 atom stereocenters. The van der Waals surface area contributed by atoms with E-state index in [0.29, 0.717) is 0 Å². The third kappa shape index (κ3) is 3.09. The van der Waals surface area contributed by atoms with Gasteiger partial charge in [-0.05, 0) is 45.1 Å². The summed E-state index contributed by atoms with van der Waals surface area (Å²) in [7, 11) is 0. The number of amides is 1. The van der Waals surface area contributed by atoms with Crippen LogP contribution in [0, 0.1) is 22.7 Å². The van der Waals surface area contributed by atoms with Gasteiger partial charge >= 0.3 is 0 Å². The van der Waals surface area contributed by atoms with Crippen molar-refractivity contribution in [2.24, 2.45) is 11.3 Å². The lowest BCUT2D eigenvalue weighted by Crippen LogP contribution is -2.53. The van der Waals surface area contributed by atoms with E-state index in [4.69, 9.17) is 5.26 Å². The first-order chi connectivity index (χ1) is 9.22. The fourth-order valence-corrected chi connectivity index (χ4v) is 3.58. The van der Waals surface area contributed by atoms with Crippen LogP contribution in [0.3, 0.4) is 0 Å². The zero-order chi connectivity index (χ0) is 13.7. The topological polar surface area (TPSA) is 64.9 Å². The molecule has 1 amide bonds. The van der Waals surface area contributed by atoms with Gasteiger partial charge in [-0.2, -0.15) is 5.26 Å². The van der Waals surface area contributed by atoms with Crippen LogP contribution in [0.15, 0.2) is 0 Å². The minimum Gasteiger partial charge on any atom is -0.352 e. The molecule has 19 heavy (non-hydrogen) atoms. The highest BCUT2D eigenvalue weighted by molar-refractivity contribution is 5.83. The van der Waals surface area contributed by atoms with Crippen molar-refractivity contribution in [1.82, 2.24) is 10.6 Å². The predicted molar refractivity (Wildman–Crippen MR) is 74.3 cm³/mol. The molecule has 4 heteroatoms. The van der Waals surface area contributed by atoms with Gasteiger partial charge in [0.25, 0.3) is 0 Å². The maximum Gasteiger partial charge on any atom is 0.227 e. The molecule has 3 unspecified atom stereocenters. The van der Waals surface area contributed by atoms with Crippen LogP contribution in [-0.2, 0) is 4.79 Å². The number of nitrogens with zero attached hydrogens (tertiary/aromatic N) is 1. The van der Waals surface area contributed by atoms with Gasteiger partial charge in [-0.15, -0.1) is 0 Å². The molecule has 2 aliphatic rings. The fourth-order valence-electron chi connectivity index (χ4n) is 3.58. The highest BCUT2D eigenvalue weighted by atomic mass is 16.2. The van der Waals surface area contributed by atoms with Crippen molar-refractivity contribution in [3.05, 3.63) is 0 Å².